The summed E-state index contributed by atoms with van der Waals surface area (Å²) in [7, 11) is 0. The van der Waals surface area contributed by atoms with Crippen molar-refractivity contribution in [1.82, 2.24) is 4.57 Å². The Morgan fingerprint density at radius 3 is 2.50 bits per heavy atom. The second-order valence-corrected chi connectivity index (χ2v) is 2.89. The lowest BCUT2D eigenvalue weighted by atomic mass is 10.3. The summed E-state index contributed by atoms with van der Waals surface area (Å²) in [6, 6.07) is 2.91. The number of nitrogens with zero attached hydrogens (tertiary/aromatic N) is 1. The monoisotopic (exact) mass is 169 g/mol. The van der Waals surface area contributed by atoms with Gasteiger partial charge in [-0.2, -0.15) is 0 Å². The number of ether oxygens (including phenoxy) is 1. The zero-order chi connectivity index (χ0) is 8.55. The first kappa shape index (κ1) is 7.49. The molecular weight excluding hydrogens is 158 g/mol. The van der Waals surface area contributed by atoms with Gasteiger partial charge < -0.3 is 14.9 Å². The number of hydrogen-bond acceptors (Lipinski definition) is 3. The average Bonchev–Trinajstić information content (AvgIpc) is 2.61. The van der Waals surface area contributed by atoms with E-state index in [-0.39, 0.29) is 18.0 Å². The molecular formula is C8H11NO3. The van der Waals surface area contributed by atoms with E-state index in [0.717, 1.165) is 12.8 Å². The van der Waals surface area contributed by atoms with E-state index in [1.54, 1.807) is 0 Å². The van der Waals surface area contributed by atoms with Crippen molar-refractivity contribution in [3.63, 3.8) is 0 Å². The fourth-order valence-corrected chi connectivity index (χ4v) is 1.49. The van der Waals surface area contributed by atoms with Gasteiger partial charge in [0.25, 0.3) is 0 Å². The molecule has 1 atom stereocenters. The molecule has 0 aromatic carbocycles. The Balaban J connectivity index is 2.30. The third-order valence-corrected chi connectivity index (χ3v) is 2.07. The zero-order valence-corrected chi connectivity index (χ0v) is 6.60. The number of hydrogen-bond donors (Lipinski definition) is 2. The van der Waals surface area contributed by atoms with Gasteiger partial charge in [-0.1, -0.05) is 0 Å². The van der Waals surface area contributed by atoms with Crippen LogP contribution in [0.4, 0.5) is 0 Å². The molecule has 1 aliphatic rings. The molecule has 1 fully saturated rings. The van der Waals surface area contributed by atoms with Gasteiger partial charge in [0.2, 0.25) is 0 Å². The van der Waals surface area contributed by atoms with E-state index in [9.17, 15) is 10.2 Å². The number of aromatic hydroxyl groups is 2. The molecule has 0 bridgehead atoms. The molecule has 0 amide bonds. The van der Waals surface area contributed by atoms with Crippen molar-refractivity contribution in [2.75, 3.05) is 6.61 Å². The summed E-state index contributed by atoms with van der Waals surface area (Å²) in [4.78, 5) is 0. The van der Waals surface area contributed by atoms with Crippen LogP contribution in [0.25, 0.3) is 0 Å². The van der Waals surface area contributed by atoms with Gasteiger partial charge in [0, 0.05) is 18.7 Å². The van der Waals surface area contributed by atoms with Crippen LogP contribution in [0.2, 0.25) is 0 Å². The summed E-state index contributed by atoms with van der Waals surface area (Å²) in [6.45, 7) is 0.696. The van der Waals surface area contributed by atoms with Crippen LogP contribution in [-0.2, 0) is 4.74 Å². The highest BCUT2D eigenvalue weighted by Crippen LogP contribution is 2.32. The molecule has 1 aromatic heterocycles. The molecule has 66 valence electrons. The van der Waals surface area contributed by atoms with Crippen LogP contribution >= 0.6 is 0 Å². The summed E-state index contributed by atoms with van der Waals surface area (Å²) in [5.41, 5.74) is 0. The first-order valence-corrected chi connectivity index (χ1v) is 4.00. The number of aromatic nitrogens is 1. The Bertz CT molecular complexity index is 256. The van der Waals surface area contributed by atoms with Crippen LogP contribution in [0.15, 0.2) is 12.1 Å². The van der Waals surface area contributed by atoms with Crippen molar-refractivity contribution >= 4 is 0 Å². The maximum absolute atomic E-state index is 9.31. The van der Waals surface area contributed by atoms with Gasteiger partial charge in [-0.25, -0.2) is 0 Å². The predicted octanol–water partition coefficient (Wildman–Crippen LogP) is 1.21. The summed E-state index contributed by atoms with van der Waals surface area (Å²) in [6.07, 6.45) is 1.62. The highest BCUT2D eigenvalue weighted by atomic mass is 16.5. The van der Waals surface area contributed by atoms with Crippen LogP contribution < -0.4 is 0 Å². The molecule has 2 rings (SSSR count). The highest BCUT2D eigenvalue weighted by molar-refractivity contribution is 5.24. The molecule has 0 radical (unpaired) electrons. The van der Waals surface area contributed by atoms with E-state index in [1.165, 1.54) is 16.7 Å². The summed E-state index contributed by atoms with van der Waals surface area (Å²) in [5, 5.41) is 18.6. The lowest BCUT2D eigenvalue weighted by molar-refractivity contribution is 0.0455. The van der Waals surface area contributed by atoms with Gasteiger partial charge >= 0.3 is 0 Å². The molecule has 1 aromatic rings. The minimum absolute atomic E-state index is 0.0550. The topological polar surface area (TPSA) is 54.6 Å². The first-order valence-electron chi connectivity index (χ1n) is 4.00. The van der Waals surface area contributed by atoms with Gasteiger partial charge in [0.1, 0.15) is 6.23 Å². The molecule has 1 unspecified atom stereocenters. The van der Waals surface area contributed by atoms with E-state index < -0.39 is 0 Å². The van der Waals surface area contributed by atoms with Crippen LogP contribution in [0.3, 0.4) is 0 Å². The zero-order valence-electron chi connectivity index (χ0n) is 6.60. The van der Waals surface area contributed by atoms with Crippen molar-refractivity contribution < 1.29 is 14.9 Å². The minimum Gasteiger partial charge on any atom is -0.494 e. The fraction of sp³-hybridized carbons (Fsp3) is 0.500. The van der Waals surface area contributed by atoms with Gasteiger partial charge in [0.05, 0.1) is 0 Å². The van der Waals surface area contributed by atoms with E-state index in [2.05, 4.69) is 0 Å². The Labute approximate surface area is 70.0 Å². The van der Waals surface area contributed by atoms with Gasteiger partial charge in [0.15, 0.2) is 11.8 Å². The average molecular weight is 169 g/mol. The van der Waals surface area contributed by atoms with Crippen molar-refractivity contribution in [3.05, 3.63) is 12.1 Å². The van der Waals surface area contributed by atoms with E-state index >= 15 is 0 Å². The van der Waals surface area contributed by atoms with Crippen LogP contribution in [0, 0.1) is 0 Å². The predicted molar refractivity (Wildman–Crippen MR) is 42.0 cm³/mol. The fourth-order valence-electron chi connectivity index (χ4n) is 1.49. The van der Waals surface area contributed by atoms with Crippen LogP contribution in [0.5, 0.6) is 11.8 Å². The second-order valence-electron chi connectivity index (χ2n) is 2.89. The summed E-state index contributed by atoms with van der Waals surface area (Å²) in [5.74, 6) is 0.110. The minimum atomic E-state index is -0.194. The quantitative estimate of drug-likeness (QED) is 0.664. The van der Waals surface area contributed by atoms with Crippen molar-refractivity contribution in [3.8, 4) is 11.8 Å². The molecule has 0 spiro atoms. The Morgan fingerprint density at radius 2 is 2.00 bits per heavy atom. The van der Waals surface area contributed by atoms with Gasteiger partial charge in [-0.05, 0) is 12.8 Å². The highest BCUT2D eigenvalue weighted by Gasteiger charge is 2.21. The van der Waals surface area contributed by atoms with Crippen LogP contribution in [0.1, 0.15) is 19.1 Å². The molecule has 1 aliphatic heterocycles. The lowest BCUT2D eigenvalue weighted by Crippen LogP contribution is -2.05. The molecule has 2 N–H and O–H groups in total. The van der Waals surface area contributed by atoms with E-state index in [0.29, 0.717) is 6.61 Å². The van der Waals surface area contributed by atoms with Crippen molar-refractivity contribution in [2.45, 2.75) is 19.1 Å². The standard InChI is InChI=1S/C8H11NO3/c10-6-3-4-7(11)9(6)8-2-1-5-12-8/h3-4,8,10-11H,1-2,5H2. The molecule has 0 aliphatic carbocycles. The molecule has 1 saturated heterocycles. The molecule has 4 nitrogen and oxygen atoms in total. The SMILES string of the molecule is Oc1ccc(O)n1C1CCCO1. The Morgan fingerprint density at radius 1 is 1.33 bits per heavy atom. The molecule has 2 heterocycles. The smallest absolute Gasteiger partial charge is 0.196 e. The summed E-state index contributed by atoms with van der Waals surface area (Å²) >= 11 is 0. The molecule has 4 heteroatoms. The van der Waals surface area contributed by atoms with E-state index in [4.69, 9.17) is 4.74 Å². The third kappa shape index (κ3) is 1.04. The van der Waals surface area contributed by atoms with Crippen molar-refractivity contribution in [1.29, 1.82) is 0 Å². The summed E-state index contributed by atoms with van der Waals surface area (Å²) < 4.78 is 6.70. The largest absolute Gasteiger partial charge is 0.494 e. The molecule has 12 heavy (non-hydrogen) atoms. The Hall–Kier alpha value is -1.16. The maximum atomic E-state index is 9.31. The third-order valence-electron chi connectivity index (χ3n) is 2.07. The van der Waals surface area contributed by atoms with Crippen molar-refractivity contribution in [2.24, 2.45) is 0 Å². The van der Waals surface area contributed by atoms with Gasteiger partial charge in [-0.15, -0.1) is 0 Å². The lowest BCUT2D eigenvalue weighted by Gasteiger charge is -2.13. The second kappa shape index (κ2) is 2.71. The van der Waals surface area contributed by atoms with Crippen LogP contribution in [-0.4, -0.2) is 21.4 Å². The van der Waals surface area contributed by atoms with E-state index in [1.807, 2.05) is 0 Å². The maximum Gasteiger partial charge on any atom is 0.196 e. The number of rotatable bonds is 1. The first-order chi connectivity index (χ1) is 5.79. The molecule has 0 saturated carbocycles. The Kier molecular flexibility index (Phi) is 1.69. The normalized spacial score (nSPS) is 23.2. The van der Waals surface area contributed by atoms with Gasteiger partial charge in [-0.3, -0.25) is 4.57 Å².